The van der Waals surface area contributed by atoms with Crippen molar-refractivity contribution in [3.63, 3.8) is 0 Å². The Morgan fingerprint density at radius 1 is 1.19 bits per heavy atom. The first kappa shape index (κ1) is 29.8. The number of methoxy groups -OCH3 is 1. The molecule has 5 unspecified atom stereocenters. The third kappa shape index (κ3) is 6.29. The molecule has 2 aromatic rings. The Morgan fingerprint density at radius 2 is 1.84 bits per heavy atom. The molecule has 0 radical (unpaired) electrons. The normalized spacial score (nSPS) is 24.7. The Labute approximate surface area is 225 Å². The molecule has 1 aliphatic rings. The van der Waals surface area contributed by atoms with Crippen LogP contribution in [0.4, 0.5) is 4.39 Å². The predicted octanol–water partition coefficient (Wildman–Crippen LogP) is 6.47. The van der Waals surface area contributed by atoms with Crippen LogP contribution < -0.4 is 0 Å². The number of aromatic nitrogens is 3. The standard InChI is InChI=1S/C27H42FN3O4SSi/c1-16(2)37(17(3)4,18(5)6)36-27-26(33-9)25(19(7)24(35-27)15-34-20(8)32)31-14-23(29-30-31)21-11-10-12-22(28)13-21/h10-14,16-19,24-27H,15H2,1-9H3. The molecule has 1 fully saturated rings. The van der Waals surface area contributed by atoms with E-state index in [4.69, 9.17) is 14.2 Å². The predicted molar refractivity (Wildman–Crippen MR) is 148 cm³/mol. The second kappa shape index (κ2) is 12.4. The molecule has 0 spiro atoms. The monoisotopic (exact) mass is 551 g/mol. The van der Waals surface area contributed by atoms with Crippen LogP contribution in [0.15, 0.2) is 30.5 Å². The quantitative estimate of drug-likeness (QED) is 0.247. The van der Waals surface area contributed by atoms with E-state index in [2.05, 4.69) is 58.8 Å². The van der Waals surface area contributed by atoms with Gasteiger partial charge in [0.1, 0.15) is 36.9 Å². The third-order valence-electron chi connectivity index (χ3n) is 7.73. The summed E-state index contributed by atoms with van der Waals surface area (Å²) in [5.41, 5.74) is 2.54. The van der Waals surface area contributed by atoms with E-state index in [1.807, 2.05) is 28.2 Å². The number of halogens is 1. The van der Waals surface area contributed by atoms with Gasteiger partial charge in [0.25, 0.3) is 0 Å². The van der Waals surface area contributed by atoms with Gasteiger partial charge in [0.15, 0.2) is 0 Å². The van der Waals surface area contributed by atoms with Crippen LogP contribution in [-0.2, 0) is 19.0 Å². The lowest BCUT2D eigenvalue weighted by atomic mass is 9.89. The zero-order chi connectivity index (χ0) is 27.5. The van der Waals surface area contributed by atoms with Crippen molar-refractivity contribution in [2.45, 2.75) is 95.7 Å². The highest BCUT2D eigenvalue weighted by molar-refractivity contribution is 8.29. The zero-order valence-electron chi connectivity index (χ0n) is 23.5. The van der Waals surface area contributed by atoms with Gasteiger partial charge in [-0.05, 0) is 28.8 Å². The van der Waals surface area contributed by atoms with Crippen LogP contribution in [0.1, 0.15) is 61.4 Å². The molecule has 0 saturated carbocycles. The van der Waals surface area contributed by atoms with Gasteiger partial charge in [-0.2, -0.15) is 11.2 Å². The lowest BCUT2D eigenvalue weighted by molar-refractivity contribution is -0.171. The number of carbonyl (C=O) groups excluding carboxylic acids is 1. The Balaban J connectivity index is 2.04. The molecule has 1 aliphatic heterocycles. The van der Waals surface area contributed by atoms with E-state index in [9.17, 15) is 9.18 Å². The van der Waals surface area contributed by atoms with Crippen LogP contribution in [0.5, 0.6) is 0 Å². The topological polar surface area (TPSA) is 75.5 Å². The Hall–Kier alpha value is -1.75. The van der Waals surface area contributed by atoms with Crippen LogP contribution in [0.25, 0.3) is 11.3 Å². The minimum Gasteiger partial charge on any atom is -0.463 e. The molecular formula is C27H42FN3O4SSi. The summed E-state index contributed by atoms with van der Waals surface area (Å²) in [6.07, 6.45) is 1.20. The molecule has 0 aliphatic carbocycles. The summed E-state index contributed by atoms with van der Waals surface area (Å²) in [5.74, 6) is -0.747. The third-order valence-corrected chi connectivity index (χ3v) is 20.3. The van der Waals surface area contributed by atoms with Crippen molar-refractivity contribution in [2.75, 3.05) is 13.7 Å². The van der Waals surface area contributed by atoms with Crippen LogP contribution in [0, 0.1) is 11.7 Å². The summed E-state index contributed by atoms with van der Waals surface area (Å²) in [5, 5.41) is 8.82. The largest absolute Gasteiger partial charge is 0.463 e. The molecule has 2 heterocycles. The second-order valence-electron chi connectivity index (χ2n) is 10.9. The van der Waals surface area contributed by atoms with E-state index in [0.717, 1.165) is 0 Å². The number of carbonyl (C=O) groups is 1. The van der Waals surface area contributed by atoms with Gasteiger partial charge in [-0.25, -0.2) is 9.07 Å². The molecule has 206 valence electrons. The van der Waals surface area contributed by atoms with E-state index >= 15 is 0 Å². The van der Waals surface area contributed by atoms with Crippen molar-refractivity contribution in [1.29, 1.82) is 0 Å². The van der Waals surface area contributed by atoms with Crippen molar-refractivity contribution >= 4 is 24.4 Å². The summed E-state index contributed by atoms with van der Waals surface area (Å²) in [4.78, 5) is 11.7. The van der Waals surface area contributed by atoms with Gasteiger partial charge >= 0.3 is 5.97 Å². The molecule has 5 atom stereocenters. The lowest BCUT2D eigenvalue weighted by Gasteiger charge is -2.50. The summed E-state index contributed by atoms with van der Waals surface area (Å²) >= 11 is 1.95. The first-order valence-electron chi connectivity index (χ1n) is 13.1. The zero-order valence-corrected chi connectivity index (χ0v) is 25.3. The molecule has 37 heavy (non-hydrogen) atoms. The molecule has 1 aromatic heterocycles. The number of esters is 1. The van der Waals surface area contributed by atoms with Crippen molar-refractivity contribution in [1.82, 2.24) is 15.0 Å². The van der Waals surface area contributed by atoms with Gasteiger partial charge in [0.2, 0.25) is 0 Å². The molecule has 10 heteroatoms. The van der Waals surface area contributed by atoms with Crippen molar-refractivity contribution in [2.24, 2.45) is 5.92 Å². The first-order valence-corrected chi connectivity index (χ1v) is 16.9. The van der Waals surface area contributed by atoms with Crippen molar-refractivity contribution in [3.05, 3.63) is 36.3 Å². The Kier molecular flexibility index (Phi) is 9.99. The number of hydrogen-bond donors (Lipinski definition) is 0. The molecule has 1 saturated heterocycles. The van der Waals surface area contributed by atoms with Crippen LogP contribution in [0.3, 0.4) is 0 Å². The summed E-state index contributed by atoms with van der Waals surface area (Å²) in [6, 6.07) is 6.12. The van der Waals surface area contributed by atoms with Crippen molar-refractivity contribution < 1.29 is 23.4 Å². The van der Waals surface area contributed by atoms with Crippen LogP contribution in [-0.4, -0.2) is 59.5 Å². The van der Waals surface area contributed by atoms with E-state index in [-0.39, 0.29) is 48.0 Å². The number of rotatable bonds is 10. The fourth-order valence-electron chi connectivity index (χ4n) is 5.99. The summed E-state index contributed by atoms with van der Waals surface area (Å²) in [7, 11) is -0.227. The van der Waals surface area contributed by atoms with E-state index < -0.39 is 7.22 Å². The fraction of sp³-hybridized carbons (Fsp3) is 0.667. The van der Waals surface area contributed by atoms with Crippen molar-refractivity contribution in [3.8, 4) is 11.3 Å². The van der Waals surface area contributed by atoms with Crippen LogP contribution >= 0.6 is 11.2 Å². The maximum absolute atomic E-state index is 13.9. The second-order valence-corrected chi connectivity index (χ2v) is 19.6. The molecule has 0 bridgehead atoms. The van der Waals surface area contributed by atoms with Gasteiger partial charge < -0.3 is 14.2 Å². The lowest BCUT2D eigenvalue weighted by Crippen LogP contribution is -2.55. The summed E-state index contributed by atoms with van der Waals surface area (Å²) < 4.78 is 34.0. The number of benzene rings is 1. The number of ether oxygens (including phenoxy) is 3. The maximum atomic E-state index is 13.9. The smallest absolute Gasteiger partial charge is 0.302 e. The highest BCUT2D eigenvalue weighted by atomic mass is 32.4. The first-order chi connectivity index (χ1) is 17.4. The Bertz CT molecular complexity index is 1030. The summed E-state index contributed by atoms with van der Waals surface area (Å²) in [6.45, 7) is 17.6. The van der Waals surface area contributed by atoms with Gasteiger partial charge in [-0.1, -0.05) is 65.8 Å². The van der Waals surface area contributed by atoms with Gasteiger partial charge in [0.05, 0.1) is 18.3 Å². The molecular weight excluding hydrogens is 509 g/mol. The number of hydrogen-bond acceptors (Lipinski definition) is 7. The van der Waals surface area contributed by atoms with Gasteiger partial charge in [-0.15, -0.1) is 5.10 Å². The molecule has 7 nitrogen and oxygen atoms in total. The minimum atomic E-state index is -1.94. The van der Waals surface area contributed by atoms with E-state index in [1.165, 1.54) is 19.1 Å². The SMILES string of the molecule is COC1C(S[Si](C(C)C)(C(C)C)C(C)C)OC(COC(C)=O)C(C)C1n1cc(-c2cccc(F)c2)nn1. The molecule has 1 aromatic carbocycles. The van der Waals surface area contributed by atoms with Gasteiger partial charge in [-0.3, -0.25) is 4.79 Å². The van der Waals surface area contributed by atoms with E-state index in [1.54, 1.807) is 13.2 Å². The molecule has 0 amide bonds. The highest BCUT2D eigenvalue weighted by Gasteiger charge is 2.52. The fourth-order valence-corrected chi connectivity index (χ4v) is 16.0. The molecule has 3 rings (SSSR count). The average molecular weight is 552 g/mol. The van der Waals surface area contributed by atoms with Gasteiger partial charge in [0, 0.05) is 25.5 Å². The average Bonchev–Trinajstić information content (AvgIpc) is 3.31. The van der Waals surface area contributed by atoms with E-state index in [0.29, 0.717) is 27.9 Å². The minimum absolute atomic E-state index is 0.0866. The highest BCUT2D eigenvalue weighted by Crippen LogP contribution is 2.54. The Morgan fingerprint density at radius 3 is 2.38 bits per heavy atom. The number of nitrogens with zero attached hydrogens (tertiary/aromatic N) is 3. The maximum Gasteiger partial charge on any atom is 0.302 e. The van der Waals surface area contributed by atoms with Crippen LogP contribution in [0.2, 0.25) is 16.6 Å². The molecule has 0 N–H and O–H groups in total.